The number of hydrogen-bond acceptors (Lipinski definition) is 0. The molecule has 0 nitrogen and oxygen atoms in total. The summed E-state index contributed by atoms with van der Waals surface area (Å²) in [5, 5.41) is 0.799. The van der Waals surface area contributed by atoms with Crippen molar-refractivity contribution in [3.8, 4) is 0 Å². The molecule has 0 saturated carbocycles. The summed E-state index contributed by atoms with van der Waals surface area (Å²) in [6.45, 7) is 2.20. The fourth-order valence-corrected chi connectivity index (χ4v) is 2.02. The van der Waals surface area contributed by atoms with Gasteiger partial charge in [0, 0.05) is 5.02 Å². The van der Waals surface area contributed by atoms with E-state index in [9.17, 15) is 0 Å². The molecule has 2 rings (SSSR count). The molecule has 0 N–H and O–H groups in total. The zero-order chi connectivity index (χ0) is 11.4. The molecule has 0 aliphatic rings. The van der Waals surface area contributed by atoms with Gasteiger partial charge in [-0.3, -0.25) is 0 Å². The van der Waals surface area contributed by atoms with Gasteiger partial charge in [-0.1, -0.05) is 54.9 Å². The minimum absolute atomic E-state index is 0.799. The highest BCUT2D eigenvalue weighted by Crippen LogP contribution is 2.16. The van der Waals surface area contributed by atoms with Crippen LogP contribution in [0, 0.1) is 0 Å². The Bertz CT molecular complexity index is 457. The van der Waals surface area contributed by atoms with Gasteiger partial charge in [0.2, 0.25) is 0 Å². The number of halogens is 1. The van der Waals surface area contributed by atoms with Crippen LogP contribution in [0.2, 0.25) is 5.02 Å². The Hall–Kier alpha value is -1.27. The van der Waals surface area contributed by atoms with Crippen LogP contribution >= 0.6 is 11.6 Å². The number of aryl methyl sites for hydroxylation is 1. The zero-order valence-corrected chi connectivity index (χ0v) is 10.2. The summed E-state index contributed by atoms with van der Waals surface area (Å²) in [4.78, 5) is 0. The molecule has 0 atom stereocenters. The van der Waals surface area contributed by atoms with Gasteiger partial charge in [-0.15, -0.1) is 0 Å². The molecule has 0 heterocycles. The van der Waals surface area contributed by atoms with Gasteiger partial charge < -0.3 is 0 Å². The van der Waals surface area contributed by atoms with Crippen LogP contribution in [0.5, 0.6) is 0 Å². The van der Waals surface area contributed by atoms with Crippen molar-refractivity contribution in [2.24, 2.45) is 0 Å². The van der Waals surface area contributed by atoms with Gasteiger partial charge in [0.05, 0.1) is 0 Å². The van der Waals surface area contributed by atoms with E-state index >= 15 is 0 Å². The third-order valence-corrected chi connectivity index (χ3v) is 3.06. The van der Waals surface area contributed by atoms with Crippen molar-refractivity contribution >= 4 is 11.6 Å². The molecular weight excluding hydrogens is 216 g/mol. The van der Waals surface area contributed by atoms with Crippen molar-refractivity contribution in [1.82, 2.24) is 0 Å². The van der Waals surface area contributed by atoms with Crippen molar-refractivity contribution < 1.29 is 0 Å². The Morgan fingerprint density at radius 1 is 0.875 bits per heavy atom. The van der Waals surface area contributed by atoms with E-state index in [1.807, 2.05) is 12.1 Å². The second kappa shape index (κ2) is 5.18. The second-order valence-electron chi connectivity index (χ2n) is 3.93. The number of rotatable bonds is 3. The highest BCUT2D eigenvalue weighted by molar-refractivity contribution is 6.30. The number of benzene rings is 2. The summed E-state index contributed by atoms with van der Waals surface area (Å²) in [6, 6.07) is 16.7. The Labute approximate surface area is 102 Å². The Morgan fingerprint density at radius 2 is 1.50 bits per heavy atom. The van der Waals surface area contributed by atoms with Crippen LogP contribution < -0.4 is 0 Å². The maximum absolute atomic E-state index is 5.87. The Kier molecular flexibility index (Phi) is 3.63. The molecule has 0 radical (unpaired) electrons. The monoisotopic (exact) mass is 230 g/mol. The van der Waals surface area contributed by atoms with Gasteiger partial charge >= 0.3 is 0 Å². The summed E-state index contributed by atoms with van der Waals surface area (Å²) < 4.78 is 0. The molecule has 16 heavy (non-hydrogen) atoms. The van der Waals surface area contributed by atoms with Crippen LogP contribution in [0.15, 0.2) is 48.5 Å². The predicted molar refractivity (Wildman–Crippen MR) is 70.1 cm³/mol. The van der Waals surface area contributed by atoms with Gasteiger partial charge in [0.15, 0.2) is 0 Å². The lowest BCUT2D eigenvalue weighted by Crippen LogP contribution is -1.93. The van der Waals surface area contributed by atoms with Gasteiger partial charge in [0.25, 0.3) is 0 Å². The van der Waals surface area contributed by atoms with E-state index in [1.54, 1.807) is 0 Å². The summed E-state index contributed by atoms with van der Waals surface area (Å²) in [5.41, 5.74) is 4.15. The minimum Gasteiger partial charge on any atom is -0.0843 e. The van der Waals surface area contributed by atoms with Crippen LogP contribution in [-0.4, -0.2) is 0 Å². The summed E-state index contributed by atoms with van der Waals surface area (Å²) in [7, 11) is 0. The van der Waals surface area contributed by atoms with Gasteiger partial charge in [0.1, 0.15) is 0 Å². The normalized spacial score (nSPS) is 10.4. The first-order valence-corrected chi connectivity index (χ1v) is 5.98. The molecule has 0 unspecified atom stereocenters. The molecule has 2 aromatic rings. The van der Waals surface area contributed by atoms with Crippen LogP contribution in [0.25, 0.3) is 0 Å². The fourth-order valence-electron chi connectivity index (χ4n) is 1.90. The van der Waals surface area contributed by atoms with E-state index in [0.29, 0.717) is 0 Å². The first-order chi connectivity index (χ1) is 7.79. The fraction of sp³-hybridized carbons (Fsp3) is 0.200. The third-order valence-electron chi connectivity index (χ3n) is 2.81. The lowest BCUT2D eigenvalue weighted by molar-refractivity contribution is 1.06. The van der Waals surface area contributed by atoms with Crippen LogP contribution in [0.4, 0.5) is 0 Å². The van der Waals surface area contributed by atoms with Gasteiger partial charge in [-0.05, 0) is 41.7 Å². The molecule has 0 fully saturated rings. The topological polar surface area (TPSA) is 0 Å². The lowest BCUT2D eigenvalue weighted by atomic mass is 9.98. The molecule has 82 valence electrons. The summed E-state index contributed by atoms with van der Waals surface area (Å²) >= 11 is 5.87. The minimum atomic E-state index is 0.799. The SMILES string of the molecule is CCc1ccccc1Cc1ccc(Cl)cc1. The smallest absolute Gasteiger partial charge is 0.0406 e. The van der Waals surface area contributed by atoms with E-state index in [2.05, 4.69) is 43.3 Å². The molecule has 0 aliphatic heterocycles. The van der Waals surface area contributed by atoms with Crippen molar-refractivity contribution in [1.29, 1.82) is 0 Å². The predicted octanol–water partition coefficient (Wildman–Crippen LogP) is 4.49. The molecule has 0 spiro atoms. The largest absolute Gasteiger partial charge is 0.0843 e. The maximum atomic E-state index is 5.87. The van der Waals surface area contributed by atoms with E-state index < -0.39 is 0 Å². The molecule has 2 aromatic carbocycles. The van der Waals surface area contributed by atoms with Crippen molar-refractivity contribution in [2.45, 2.75) is 19.8 Å². The number of hydrogen-bond donors (Lipinski definition) is 0. The molecule has 0 bridgehead atoms. The van der Waals surface area contributed by atoms with E-state index in [0.717, 1.165) is 17.9 Å². The zero-order valence-electron chi connectivity index (χ0n) is 9.41. The van der Waals surface area contributed by atoms with E-state index in [4.69, 9.17) is 11.6 Å². The maximum Gasteiger partial charge on any atom is 0.0406 e. The van der Waals surface area contributed by atoms with Crippen molar-refractivity contribution in [3.63, 3.8) is 0 Å². The standard InChI is InChI=1S/C15H15Cl/c1-2-13-5-3-4-6-14(13)11-12-7-9-15(16)10-8-12/h3-10H,2,11H2,1H3. The second-order valence-corrected chi connectivity index (χ2v) is 4.36. The van der Waals surface area contributed by atoms with Gasteiger partial charge in [-0.25, -0.2) is 0 Å². The summed E-state index contributed by atoms with van der Waals surface area (Å²) in [5.74, 6) is 0. The van der Waals surface area contributed by atoms with E-state index in [1.165, 1.54) is 16.7 Å². The molecular formula is C15H15Cl. The van der Waals surface area contributed by atoms with Crippen LogP contribution in [0.3, 0.4) is 0 Å². The highest BCUT2D eigenvalue weighted by Gasteiger charge is 2.01. The molecule has 0 amide bonds. The van der Waals surface area contributed by atoms with Crippen LogP contribution in [-0.2, 0) is 12.8 Å². The first kappa shape index (κ1) is 11.2. The van der Waals surface area contributed by atoms with Crippen molar-refractivity contribution in [2.75, 3.05) is 0 Å². The Balaban J connectivity index is 2.23. The highest BCUT2D eigenvalue weighted by atomic mass is 35.5. The molecule has 1 heteroatoms. The first-order valence-electron chi connectivity index (χ1n) is 5.61. The summed E-state index contributed by atoms with van der Waals surface area (Å²) in [6.07, 6.45) is 2.07. The average Bonchev–Trinajstić information content (AvgIpc) is 2.33. The van der Waals surface area contributed by atoms with Crippen LogP contribution in [0.1, 0.15) is 23.6 Å². The average molecular weight is 231 g/mol. The quantitative estimate of drug-likeness (QED) is 0.729. The van der Waals surface area contributed by atoms with E-state index in [-0.39, 0.29) is 0 Å². The third kappa shape index (κ3) is 2.65. The molecule has 0 saturated heterocycles. The van der Waals surface area contributed by atoms with Crippen molar-refractivity contribution in [3.05, 3.63) is 70.2 Å². The molecule has 0 aromatic heterocycles. The Morgan fingerprint density at radius 3 is 2.12 bits per heavy atom. The molecule has 0 aliphatic carbocycles. The van der Waals surface area contributed by atoms with Gasteiger partial charge in [-0.2, -0.15) is 0 Å². The lowest BCUT2D eigenvalue weighted by Gasteiger charge is -2.07.